The maximum atomic E-state index is 12.5. The van der Waals surface area contributed by atoms with Crippen molar-refractivity contribution < 1.29 is 0 Å². The first-order valence-electron chi connectivity index (χ1n) is 6.51. The van der Waals surface area contributed by atoms with Crippen LogP contribution in [0.1, 0.15) is 20.8 Å². The molecule has 0 saturated heterocycles. The second kappa shape index (κ2) is 5.35. The second-order valence-electron chi connectivity index (χ2n) is 5.88. The van der Waals surface area contributed by atoms with Crippen molar-refractivity contribution >= 4 is 45.8 Å². The lowest BCUT2D eigenvalue weighted by Crippen LogP contribution is -2.23. The number of benzene rings is 1. The van der Waals surface area contributed by atoms with Gasteiger partial charge in [0.05, 0.1) is 11.1 Å². The zero-order valence-electron chi connectivity index (χ0n) is 12.1. The molecule has 0 aliphatic heterocycles. The lowest BCUT2D eigenvalue weighted by Gasteiger charge is -2.18. The molecule has 0 saturated carbocycles. The number of rotatable bonds is 1. The maximum absolute atomic E-state index is 12.5. The van der Waals surface area contributed by atoms with Gasteiger partial charge < -0.3 is 0 Å². The van der Waals surface area contributed by atoms with Crippen LogP contribution in [0.15, 0.2) is 35.3 Å². The van der Waals surface area contributed by atoms with Crippen LogP contribution in [0, 0.1) is 0 Å². The van der Waals surface area contributed by atoms with Crippen LogP contribution >= 0.6 is 24.0 Å². The zero-order valence-corrected chi connectivity index (χ0v) is 13.7. The summed E-state index contributed by atoms with van der Waals surface area (Å²) in [5.74, 6) is 0. The molecule has 0 fully saturated rings. The average molecular weight is 326 g/mol. The van der Waals surface area contributed by atoms with Gasteiger partial charge in [-0.05, 0) is 26.8 Å². The number of para-hydroxylation sites is 1. The third-order valence-electron chi connectivity index (χ3n) is 3.45. The van der Waals surface area contributed by atoms with Crippen molar-refractivity contribution in [3.8, 4) is 0 Å². The first kappa shape index (κ1) is 15.9. The minimum Gasteiger partial charge on any atom is -0.292 e. The van der Waals surface area contributed by atoms with Gasteiger partial charge in [-0.2, -0.15) is 5.10 Å². The van der Waals surface area contributed by atoms with Crippen molar-refractivity contribution in [2.24, 2.45) is 0 Å². The van der Waals surface area contributed by atoms with E-state index in [0.29, 0.717) is 5.52 Å². The van der Waals surface area contributed by atoms with Crippen molar-refractivity contribution in [3.05, 3.63) is 40.8 Å². The van der Waals surface area contributed by atoms with Gasteiger partial charge in [0.1, 0.15) is 6.00 Å². The van der Waals surface area contributed by atoms with E-state index in [0.717, 1.165) is 16.3 Å². The van der Waals surface area contributed by atoms with Gasteiger partial charge in [-0.1, -0.05) is 18.2 Å². The highest BCUT2D eigenvalue weighted by atomic mass is 35.5. The normalized spacial score (nSPS) is 11.8. The van der Waals surface area contributed by atoms with E-state index in [1.807, 2.05) is 35.1 Å². The molecule has 0 unspecified atom stereocenters. The summed E-state index contributed by atoms with van der Waals surface area (Å²) in [4.78, 5) is 12.5. The molecule has 21 heavy (non-hydrogen) atoms. The van der Waals surface area contributed by atoms with Crippen LogP contribution in [0.3, 0.4) is 0 Å². The minimum absolute atomic E-state index is 0. The summed E-state index contributed by atoms with van der Waals surface area (Å²) in [7, 11) is 0. The predicted octanol–water partition coefficient (Wildman–Crippen LogP) is 3.72. The van der Waals surface area contributed by atoms with Gasteiger partial charge in [0.25, 0.3) is 5.56 Å². The molecule has 0 bridgehead atoms. The largest absolute Gasteiger partial charge is 0.292 e. The van der Waals surface area contributed by atoms with Gasteiger partial charge >= 0.3 is 0 Å². The van der Waals surface area contributed by atoms with Crippen LogP contribution in [-0.4, -0.2) is 14.3 Å². The maximum Gasteiger partial charge on any atom is 0.280 e. The number of halogens is 2. The van der Waals surface area contributed by atoms with Gasteiger partial charge in [0.15, 0.2) is 5.52 Å². The van der Waals surface area contributed by atoms with Crippen molar-refractivity contribution in [2.75, 3.05) is 0 Å². The summed E-state index contributed by atoms with van der Waals surface area (Å²) in [6.07, 6.45) is 1.94. The smallest absolute Gasteiger partial charge is 0.280 e. The molecule has 3 rings (SSSR count). The van der Waals surface area contributed by atoms with E-state index in [2.05, 4.69) is 25.9 Å². The molecule has 0 amide bonds. The fraction of sp³-hybridized carbons (Fsp3) is 0.333. The molecular formula is C15H17Cl2N3O. The zero-order chi connectivity index (χ0) is 14.5. The summed E-state index contributed by atoms with van der Waals surface area (Å²) >= 11 is 5.94. The highest BCUT2D eigenvalue weighted by Crippen LogP contribution is 2.24. The Labute approximate surface area is 133 Å². The van der Waals surface area contributed by atoms with Crippen LogP contribution in [0.4, 0.5) is 0 Å². The van der Waals surface area contributed by atoms with Gasteiger partial charge in [0.2, 0.25) is 0 Å². The fourth-order valence-electron chi connectivity index (χ4n) is 2.37. The molecule has 0 atom stereocenters. The van der Waals surface area contributed by atoms with Crippen molar-refractivity contribution in [2.45, 2.75) is 32.3 Å². The Bertz CT molecular complexity index is 859. The highest BCUT2D eigenvalue weighted by molar-refractivity contribution is 6.16. The monoisotopic (exact) mass is 325 g/mol. The van der Waals surface area contributed by atoms with Gasteiger partial charge in [-0.15, -0.1) is 24.0 Å². The number of fused-ring (bicyclic) bond motifs is 3. The topological polar surface area (TPSA) is 39.8 Å². The van der Waals surface area contributed by atoms with E-state index >= 15 is 0 Å². The molecule has 2 aromatic heterocycles. The van der Waals surface area contributed by atoms with E-state index in [1.54, 1.807) is 4.57 Å². The lowest BCUT2D eigenvalue weighted by atomic mass is 10.1. The molecule has 3 aromatic rings. The van der Waals surface area contributed by atoms with Crippen molar-refractivity contribution in [1.82, 2.24) is 14.3 Å². The minimum atomic E-state index is -0.168. The molecule has 1 aromatic carbocycles. The molecule has 6 heteroatoms. The number of pyridine rings is 1. The molecule has 0 aliphatic rings. The van der Waals surface area contributed by atoms with E-state index in [9.17, 15) is 4.79 Å². The van der Waals surface area contributed by atoms with Crippen LogP contribution in [0.2, 0.25) is 0 Å². The third kappa shape index (κ3) is 2.43. The number of nitrogens with zero attached hydrogens (tertiary/aromatic N) is 3. The Hall–Kier alpha value is -1.52. The second-order valence-corrected chi connectivity index (χ2v) is 6.12. The Kier molecular flexibility index (Phi) is 4.04. The van der Waals surface area contributed by atoms with Crippen molar-refractivity contribution in [1.29, 1.82) is 0 Å². The first-order valence-corrected chi connectivity index (χ1v) is 7.04. The molecule has 0 spiro atoms. The van der Waals surface area contributed by atoms with E-state index < -0.39 is 0 Å². The van der Waals surface area contributed by atoms with Gasteiger partial charge in [-0.3, -0.25) is 14.0 Å². The van der Waals surface area contributed by atoms with E-state index in [1.165, 1.54) is 0 Å². The van der Waals surface area contributed by atoms with Crippen LogP contribution < -0.4 is 5.56 Å². The molecule has 112 valence electrons. The summed E-state index contributed by atoms with van der Waals surface area (Å²) in [6.45, 7) is 6.17. The number of hydrogen-bond donors (Lipinski definition) is 0. The van der Waals surface area contributed by atoms with Crippen LogP contribution in [0.5, 0.6) is 0 Å². The number of aromatic nitrogens is 3. The van der Waals surface area contributed by atoms with Crippen LogP contribution in [-0.2, 0) is 11.5 Å². The molecular weight excluding hydrogens is 309 g/mol. The van der Waals surface area contributed by atoms with Crippen LogP contribution in [0.25, 0.3) is 21.8 Å². The average Bonchev–Trinajstić information content (AvgIpc) is 2.85. The summed E-state index contributed by atoms with van der Waals surface area (Å²) in [5, 5.41) is 6.34. The quantitative estimate of drug-likeness (QED) is 0.639. The van der Waals surface area contributed by atoms with Crippen molar-refractivity contribution in [3.63, 3.8) is 0 Å². The van der Waals surface area contributed by atoms with E-state index in [-0.39, 0.29) is 29.5 Å². The van der Waals surface area contributed by atoms with Gasteiger partial charge in [0, 0.05) is 17.0 Å². The lowest BCUT2D eigenvalue weighted by molar-refractivity contribution is 0.358. The number of alkyl halides is 1. The molecule has 0 N–H and O–H groups in total. The fourth-order valence-corrected chi connectivity index (χ4v) is 2.60. The number of hydrogen-bond acceptors (Lipinski definition) is 2. The van der Waals surface area contributed by atoms with E-state index in [4.69, 9.17) is 11.6 Å². The summed E-state index contributed by atoms with van der Waals surface area (Å²) < 4.78 is 3.39. The third-order valence-corrected chi connectivity index (χ3v) is 3.69. The predicted molar refractivity (Wildman–Crippen MR) is 89.6 cm³/mol. The summed E-state index contributed by atoms with van der Waals surface area (Å²) in [5.41, 5.74) is 1.00. The Morgan fingerprint density at radius 3 is 2.48 bits per heavy atom. The highest BCUT2D eigenvalue weighted by Gasteiger charge is 2.19. The molecule has 0 radical (unpaired) electrons. The first-order chi connectivity index (χ1) is 9.43. The Balaban J connectivity index is 0.00000161. The molecule has 4 nitrogen and oxygen atoms in total. The molecule has 0 aliphatic carbocycles. The summed E-state index contributed by atoms with van der Waals surface area (Å²) in [6, 6.07) is 7.89. The van der Waals surface area contributed by atoms with Gasteiger partial charge in [-0.25, -0.2) is 0 Å². The standard InChI is InChI=1S/C15H16ClN3O.ClH/c1-15(2,3)19-8-11-10-6-4-5-7-12(10)18(9-16)14(20)13(11)17-19;/h4-8H,9H2,1-3H3;1H. The Morgan fingerprint density at radius 1 is 1.19 bits per heavy atom. The Morgan fingerprint density at radius 2 is 1.86 bits per heavy atom. The SMILES string of the molecule is CC(C)(C)n1cc2c(n1)c(=O)n(CCl)c1ccccc21.Cl. The molecule has 2 heterocycles.